The van der Waals surface area contributed by atoms with Crippen LogP contribution in [0.5, 0.6) is 0 Å². The molecule has 0 saturated carbocycles. The van der Waals surface area contributed by atoms with Crippen molar-refractivity contribution in [2.45, 2.75) is 52.6 Å². The molecular weight excluding hydrogens is 220 g/mol. The van der Waals surface area contributed by atoms with E-state index in [1.807, 2.05) is 20.8 Å². The average molecular weight is 244 g/mol. The summed E-state index contributed by atoms with van der Waals surface area (Å²) in [7, 11) is 0. The third-order valence-corrected chi connectivity index (χ3v) is 2.84. The number of carboxylic acids is 1. The molecule has 0 heterocycles. The molecule has 0 aromatic rings. The zero-order valence-corrected chi connectivity index (χ0v) is 11.1. The van der Waals surface area contributed by atoms with Crippen molar-refractivity contribution in [1.29, 1.82) is 0 Å². The fraction of sp³-hybridized carbons (Fsp3) is 0.833. The first kappa shape index (κ1) is 15.9. The van der Waals surface area contributed by atoms with Crippen molar-refractivity contribution in [3.05, 3.63) is 0 Å². The first-order chi connectivity index (χ1) is 7.79. The third kappa shape index (κ3) is 5.68. The summed E-state index contributed by atoms with van der Waals surface area (Å²) < 4.78 is 0. The second-order valence-electron chi connectivity index (χ2n) is 4.95. The maximum atomic E-state index is 11.7. The lowest BCUT2D eigenvalue weighted by Gasteiger charge is -2.22. The average Bonchev–Trinajstić information content (AvgIpc) is 2.22. The molecule has 0 saturated heterocycles. The van der Waals surface area contributed by atoms with Gasteiger partial charge >= 0.3 is 5.97 Å². The summed E-state index contributed by atoms with van der Waals surface area (Å²) in [6.07, 6.45) is 1.25. The first-order valence-electron chi connectivity index (χ1n) is 6.08. The summed E-state index contributed by atoms with van der Waals surface area (Å²) >= 11 is 0. The number of rotatable bonds is 7. The molecule has 17 heavy (non-hydrogen) atoms. The zero-order valence-electron chi connectivity index (χ0n) is 11.1. The first-order valence-corrected chi connectivity index (χ1v) is 6.08. The van der Waals surface area contributed by atoms with E-state index in [1.165, 1.54) is 0 Å². The maximum absolute atomic E-state index is 11.7. The molecule has 0 fully saturated rings. The summed E-state index contributed by atoms with van der Waals surface area (Å²) in [4.78, 5) is 22.7. The fourth-order valence-electron chi connectivity index (χ4n) is 1.56. The number of carboxylic acid groups (broad SMARTS) is 1. The van der Waals surface area contributed by atoms with Crippen LogP contribution in [-0.2, 0) is 9.59 Å². The Morgan fingerprint density at radius 1 is 1.29 bits per heavy atom. The van der Waals surface area contributed by atoms with E-state index in [1.54, 1.807) is 6.92 Å². The molecule has 5 nitrogen and oxygen atoms in total. The molecule has 4 N–H and O–H groups in total. The summed E-state index contributed by atoms with van der Waals surface area (Å²) in [5.74, 6) is -1.19. The number of hydrogen-bond donors (Lipinski definition) is 3. The molecule has 0 aliphatic rings. The minimum Gasteiger partial charge on any atom is -0.480 e. The molecule has 1 amide bonds. The normalized spacial score (nSPS) is 16.4. The van der Waals surface area contributed by atoms with Crippen LogP contribution in [0.4, 0.5) is 0 Å². The van der Waals surface area contributed by atoms with Gasteiger partial charge in [0, 0.05) is 0 Å². The highest BCUT2D eigenvalue weighted by Gasteiger charge is 2.27. The number of carbonyl (C=O) groups is 2. The Bertz CT molecular complexity index is 266. The van der Waals surface area contributed by atoms with Gasteiger partial charge in [-0.15, -0.1) is 0 Å². The highest BCUT2D eigenvalue weighted by molar-refractivity contribution is 5.86. The van der Waals surface area contributed by atoms with Crippen molar-refractivity contribution in [2.75, 3.05) is 0 Å². The van der Waals surface area contributed by atoms with E-state index >= 15 is 0 Å². The van der Waals surface area contributed by atoms with E-state index in [4.69, 9.17) is 10.8 Å². The topological polar surface area (TPSA) is 92.4 Å². The monoisotopic (exact) mass is 244 g/mol. The van der Waals surface area contributed by atoms with E-state index < -0.39 is 18.1 Å². The van der Waals surface area contributed by atoms with Gasteiger partial charge in [-0.05, 0) is 18.3 Å². The van der Waals surface area contributed by atoms with Gasteiger partial charge in [0.1, 0.15) is 6.04 Å². The van der Waals surface area contributed by atoms with E-state index in [9.17, 15) is 9.59 Å². The Balaban J connectivity index is 4.45. The number of carbonyl (C=O) groups excluding carboxylic acids is 1. The smallest absolute Gasteiger partial charge is 0.326 e. The summed E-state index contributed by atoms with van der Waals surface area (Å²) in [6.45, 7) is 7.63. The quantitative estimate of drug-likeness (QED) is 0.622. The molecule has 5 heteroatoms. The molecule has 0 bridgehead atoms. The minimum absolute atomic E-state index is 0.109. The van der Waals surface area contributed by atoms with Gasteiger partial charge < -0.3 is 16.2 Å². The Kier molecular flexibility index (Phi) is 6.80. The SMILES string of the molecule is CC[C@H](C)[C@@H](NC(=O)[C@H](N)CC(C)C)C(=O)O. The van der Waals surface area contributed by atoms with Crippen LogP contribution in [-0.4, -0.2) is 29.1 Å². The van der Waals surface area contributed by atoms with E-state index in [-0.39, 0.29) is 11.8 Å². The third-order valence-electron chi connectivity index (χ3n) is 2.84. The fourth-order valence-corrected chi connectivity index (χ4v) is 1.56. The molecule has 0 aromatic carbocycles. The standard InChI is InChI=1S/C12H24N2O3/c1-5-8(4)10(12(16)17)14-11(15)9(13)6-7(2)3/h7-10H,5-6,13H2,1-4H3,(H,14,15)(H,16,17)/t8-,9+,10+/m0/s1. The molecule has 0 aromatic heterocycles. The van der Waals surface area contributed by atoms with Crippen LogP contribution < -0.4 is 11.1 Å². The molecule has 3 atom stereocenters. The van der Waals surface area contributed by atoms with E-state index in [0.29, 0.717) is 18.8 Å². The number of nitrogens with one attached hydrogen (secondary N) is 1. The van der Waals surface area contributed by atoms with Crippen LogP contribution in [0, 0.1) is 11.8 Å². The zero-order chi connectivity index (χ0) is 13.6. The van der Waals surface area contributed by atoms with Gasteiger partial charge in [0.05, 0.1) is 6.04 Å². The van der Waals surface area contributed by atoms with Gasteiger partial charge in [0.25, 0.3) is 0 Å². The summed E-state index contributed by atoms with van der Waals surface area (Å²) in [5.41, 5.74) is 5.70. The Labute approximate surface area is 103 Å². The highest BCUT2D eigenvalue weighted by atomic mass is 16.4. The Morgan fingerprint density at radius 2 is 1.82 bits per heavy atom. The molecular formula is C12H24N2O3. The van der Waals surface area contributed by atoms with Crippen molar-refractivity contribution in [2.24, 2.45) is 17.6 Å². The maximum Gasteiger partial charge on any atom is 0.326 e. The van der Waals surface area contributed by atoms with Gasteiger partial charge in [-0.25, -0.2) is 4.79 Å². The lowest BCUT2D eigenvalue weighted by atomic mass is 9.98. The van der Waals surface area contributed by atoms with Gasteiger partial charge in [-0.1, -0.05) is 34.1 Å². The van der Waals surface area contributed by atoms with E-state index in [0.717, 1.165) is 0 Å². The van der Waals surface area contributed by atoms with Crippen molar-refractivity contribution in [1.82, 2.24) is 5.32 Å². The second kappa shape index (κ2) is 7.27. The van der Waals surface area contributed by atoms with Crippen LogP contribution in [0.2, 0.25) is 0 Å². The molecule has 0 spiro atoms. The Hall–Kier alpha value is -1.10. The predicted octanol–water partition coefficient (Wildman–Crippen LogP) is 0.975. The minimum atomic E-state index is -1.01. The van der Waals surface area contributed by atoms with Gasteiger partial charge in [0.15, 0.2) is 0 Å². The van der Waals surface area contributed by atoms with Crippen LogP contribution in [0.15, 0.2) is 0 Å². The van der Waals surface area contributed by atoms with Crippen LogP contribution >= 0.6 is 0 Å². The lowest BCUT2D eigenvalue weighted by molar-refractivity contribution is -0.143. The van der Waals surface area contributed by atoms with Gasteiger partial charge in [-0.2, -0.15) is 0 Å². The number of amides is 1. The predicted molar refractivity (Wildman–Crippen MR) is 66.5 cm³/mol. The highest BCUT2D eigenvalue weighted by Crippen LogP contribution is 2.09. The molecule has 0 unspecified atom stereocenters. The van der Waals surface area contributed by atoms with Crippen LogP contribution in [0.3, 0.4) is 0 Å². The van der Waals surface area contributed by atoms with Gasteiger partial charge in [-0.3, -0.25) is 4.79 Å². The lowest BCUT2D eigenvalue weighted by Crippen LogP contribution is -2.51. The van der Waals surface area contributed by atoms with E-state index in [2.05, 4.69) is 5.32 Å². The van der Waals surface area contributed by atoms with Crippen molar-refractivity contribution < 1.29 is 14.7 Å². The summed E-state index contributed by atoms with van der Waals surface area (Å²) in [6, 6.07) is -1.49. The number of aliphatic carboxylic acids is 1. The summed E-state index contributed by atoms with van der Waals surface area (Å²) in [5, 5.41) is 11.5. The molecule has 100 valence electrons. The van der Waals surface area contributed by atoms with Gasteiger partial charge in [0.2, 0.25) is 5.91 Å². The van der Waals surface area contributed by atoms with Crippen LogP contribution in [0.25, 0.3) is 0 Å². The Morgan fingerprint density at radius 3 is 2.18 bits per heavy atom. The molecule has 0 radical (unpaired) electrons. The molecule has 0 aliphatic heterocycles. The number of hydrogen-bond acceptors (Lipinski definition) is 3. The van der Waals surface area contributed by atoms with Crippen molar-refractivity contribution in [3.63, 3.8) is 0 Å². The van der Waals surface area contributed by atoms with Crippen molar-refractivity contribution in [3.8, 4) is 0 Å². The molecule has 0 rings (SSSR count). The molecule has 0 aliphatic carbocycles. The number of nitrogens with two attached hydrogens (primary N) is 1. The largest absolute Gasteiger partial charge is 0.480 e. The van der Waals surface area contributed by atoms with Crippen LogP contribution in [0.1, 0.15) is 40.5 Å². The van der Waals surface area contributed by atoms with Crippen molar-refractivity contribution >= 4 is 11.9 Å². The second-order valence-corrected chi connectivity index (χ2v) is 4.95.